The molecule has 0 saturated carbocycles. The Bertz CT molecular complexity index is 525. The lowest BCUT2D eigenvalue weighted by molar-refractivity contribution is 0.0427. The minimum absolute atomic E-state index is 0.0804. The van der Waals surface area contributed by atoms with Crippen molar-refractivity contribution in [1.29, 1.82) is 0 Å². The van der Waals surface area contributed by atoms with E-state index in [2.05, 4.69) is 30.3 Å². The lowest BCUT2D eigenvalue weighted by Gasteiger charge is -2.17. The molecule has 3 rings (SSSR count). The lowest BCUT2D eigenvalue weighted by atomic mass is 10.0. The third kappa shape index (κ3) is 3.02. The van der Waals surface area contributed by atoms with E-state index in [0.717, 1.165) is 31.4 Å². The summed E-state index contributed by atoms with van der Waals surface area (Å²) in [5.41, 5.74) is 2.54. The normalized spacial score (nSPS) is 18.4. The van der Waals surface area contributed by atoms with Crippen molar-refractivity contribution in [2.75, 3.05) is 0 Å². The highest BCUT2D eigenvalue weighted by Crippen LogP contribution is 2.30. The molecule has 0 aliphatic carbocycles. The maximum atomic E-state index is 10.3. The van der Waals surface area contributed by atoms with Crippen LogP contribution in [-0.2, 0) is 12.8 Å². The van der Waals surface area contributed by atoms with Crippen molar-refractivity contribution in [1.82, 2.24) is 0 Å². The van der Waals surface area contributed by atoms with Crippen LogP contribution < -0.4 is 4.74 Å². The van der Waals surface area contributed by atoms with Crippen molar-refractivity contribution in [3.63, 3.8) is 0 Å². The molecule has 0 radical (unpaired) electrons. The first-order valence-corrected chi connectivity index (χ1v) is 7.29. The molecule has 2 aromatic rings. The molecule has 1 N–H and O–H groups in total. The van der Waals surface area contributed by atoms with E-state index in [9.17, 15) is 5.11 Å². The fraction of sp³-hybridized carbons (Fsp3) is 0.333. The topological polar surface area (TPSA) is 29.5 Å². The van der Waals surface area contributed by atoms with E-state index >= 15 is 0 Å². The molecule has 0 aromatic heterocycles. The SMILES string of the molecule is OC(CCCc1ccccc1)C1Cc2ccccc2O1. The highest BCUT2D eigenvalue weighted by atomic mass is 16.5. The largest absolute Gasteiger partial charge is 0.487 e. The highest BCUT2D eigenvalue weighted by Gasteiger charge is 2.28. The molecule has 0 bridgehead atoms. The third-order valence-corrected chi connectivity index (χ3v) is 3.91. The van der Waals surface area contributed by atoms with Crippen LogP contribution in [0.2, 0.25) is 0 Å². The van der Waals surface area contributed by atoms with Gasteiger partial charge in [0, 0.05) is 6.42 Å². The molecule has 1 heterocycles. The van der Waals surface area contributed by atoms with Crippen molar-refractivity contribution >= 4 is 0 Å². The monoisotopic (exact) mass is 268 g/mol. The van der Waals surface area contributed by atoms with Gasteiger partial charge in [-0.05, 0) is 36.5 Å². The Morgan fingerprint density at radius 3 is 2.60 bits per heavy atom. The summed E-state index contributed by atoms with van der Waals surface area (Å²) in [5.74, 6) is 0.930. The summed E-state index contributed by atoms with van der Waals surface area (Å²) in [6, 6.07) is 18.5. The summed E-state index contributed by atoms with van der Waals surface area (Å²) in [6.45, 7) is 0. The summed E-state index contributed by atoms with van der Waals surface area (Å²) >= 11 is 0. The maximum Gasteiger partial charge on any atom is 0.129 e. The number of rotatable bonds is 5. The summed E-state index contributed by atoms with van der Waals surface area (Å²) < 4.78 is 5.82. The minimum atomic E-state index is -0.383. The van der Waals surface area contributed by atoms with Crippen LogP contribution in [0, 0.1) is 0 Å². The van der Waals surface area contributed by atoms with Gasteiger partial charge in [0.2, 0.25) is 0 Å². The van der Waals surface area contributed by atoms with Gasteiger partial charge in [-0.1, -0.05) is 48.5 Å². The van der Waals surface area contributed by atoms with Crippen LogP contribution in [0.5, 0.6) is 5.75 Å². The van der Waals surface area contributed by atoms with Gasteiger partial charge in [-0.25, -0.2) is 0 Å². The van der Waals surface area contributed by atoms with Crippen LogP contribution in [0.1, 0.15) is 24.0 Å². The van der Waals surface area contributed by atoms with E-state index in [1.54, 1.807) is 0 Å². The average molecular weight is 268 g/mol. The quantitative estimate of drug-likeness (QED) is 0.901. The van der Waals surface area contributed by atoms with Crippen molar-refractivity contribution in [3.05, 3.63) is 65.7 Å². The van der Waals surface area contributed by atoms with Gasteiger partial charge in [-0.3, -0.25) is 0 Å². The van der Waals surface area contributed by atoms with E-state index in [1.165, 1.54) is 11.1 Å². The predicted molar refractivity (Wildman–Crippen MR) is 79.9 cm³/mol. The van der Waals surface area contributed by atoms with E-state index in [0.29, 0.717) is 0 Å². The highest BCUT2D eigenvalue weighted by molar-refractivity contribution is 5.37. The van der Waals surface area contributed by atoms with Crippen molar-refractivity contribution in [3.8, 4) is 5.75 Å². The predicted octanol–water partition coefficient (Wildman–Crippen LogP) is 3.37. The van der Waals surface area contributed by atoms with Crippen molar-refractivity contribution in [2.45, 2.75) is 37.9 Å². The minimum Gasteiger partial charge on any atom is -0.487 e. The number of aliphatic hydroxyl groups excluding tert-OH is 1. The van der Waals surface area contributed by atoms with Gasteiger partial charge in [-0.2, -0.15) is 0 Å². The summed E-state index contributed by atoms with van der Waals surface area (Å²) in [4.78, 5) is 0. The summed E-state index contributed by atoms with van der Waals surface area (Å²) in [6.07, 6.45) is 3.14. The fourth-order valence-corrected chi connectivity index (χ4v) is 2.77. The number of benzene rings is 2. The Hall–Kier alpha value is -1.80. The molecule has 0 amide bonds. The van der Waals surface area contributed by atoms with Crippen LogP contribution in [0.15, 0.2) is 54.6 Å². The van der Waals surface area contributed by atoms with Gasteiger partial charge in [-0.15, -0.1) is 0 Å². The summed E-state index contributed by atoms with van der Waals surface area (Å²) in [7, 11) is 0. The second-order valence-electron chi connectivity index (χ2n) is 5.41. The Morgan fingerprint density at radius 2 is 1.80 bits per heavy atom. The number of para-hydroxylation sites is 1. The Morgan fingerprint density at radius 1 is 1.05 bits per heavy atom. The van der Waals surface area contributed by atoms with Crippen LogP contribution in [0.3, 0.4) is 0 Å². The van der Waals surface area contributed by atoms with Gasteiger partial charge in [0.15, 0.2) is 0 Å². The van der Waals surface area contributed by atoms with Gasteiger partial charge in [0.25, 0.3) is 0 Å². The maximum absolute atomic E-state index is 10.3. The number of aryl methyl sites for hydroxylation is 1. The molecule has 104 valence electrons. The molecular weight excluding hydrogens is 248 g/mol. The Labute approximate surface area is 120 Å². The van der Waals surface area contributed by atoms with E-state index in [-0.39, 0.29) is 12.2 Å². The second-order valence-corrected chi connectivity index (χ2v) is 5.41. The first-order chi connectivity index (χ1) is 9.83. The number of hydrogen-bond acceptors (Lipinski definition) is 2. The molecule has 2 unspecified atom stereocenters. The zero-order valence-electron chi connectivity index (χ0n) is 11.5. The molecule has 0 spiro atoms. The van der Waals surface area contributed by atoms with Gasteiger partial charge in [0.05, 0.1) is 6.10 Å². The van der Waals surface area contributed by atoms with Crippen LogP contribution >= 0.6 is 0 Å². The van der Waals surface area contributed by atoms with Gasteiger partial charge < -0.3 is 9.84 Å². The molecule has 2 atom stereocenters. The van der Waals surface area contributed by atoms with Gasteiger partial charge in [0.1, 0.15) is 11.9 Å². The standard InChI is InChI=1S/C18H20O2/c19-16(11-6-9-14-7-2-1-3-8-14)18-13-15-10-4-5-12-17(15)20-18/h1-5,7-8,10,12,16,18-19H,6,9,11,13H2. The van der Waals surface area contributed by atoms with Crippen molar-refractivity contribution in [2.24, 2.45) is 0 Å². The molecule has 2 nitrogen and oxygen atoms in total. The second kappa shape index (κ2) is 6.10. The fourth-order valence-electron chi connectivity index (χ4n) is 2.77. The zero-order valence-corrected chi connectivity index (χ0v) is 11.5. The Kier molecular flexibility index (Phi) is 4.03. The summed E-state index contributed by atoms with van der Waals surface area (Å²) in [5, 5.41) is 10.3. The lowest BCUT2D eigenvalue weighted by Crippen LogP contribution is -2.30. The number of ether oxygens (including phenoxy) is 1. The number of fused-ring (bicyclic) bond motifs is 1. The van der Waals surface area contributed by atoms with E-state index in [4.69, 9.17) is 4.74 Å². The van der Waals surface area contributed by atoms with E-state index in [1.807, 2.05) is 24.3 Å². The van der Waals surface area contributed by atoms with Gasteiger partial charge >= 0.3 is 0 Å². The Balaban J connectivity index is 1.48. The number of aliphatic hydroxyl groups is 1. The van der Waals surface area contributed by atoms with Crippen molar-refractivity contribution < 1.29 is 9.84 Å². The first-order valence-electron chi connectivity index (χ1n) is 7.29. The molecule has 0 fully saturated rings. The number of hydrogen-bond donors (Lipinski definition) is 1. The van der Waals surface area contributed by atoms with Crippen LogP contribution in [0.4, 0.5) is 0 Å². The van der Waals surface area contributed by atoms with Crippen LogP contribution in [-0.4, -0.2) is 17.3 Å². The molecule has 0 saturated heterocycles. The first kappa shape index (κ1) is 13.2. The van der Waals surface area contributed by atoms with Crippen LogP contribution in [0.25, 0.3) is 0 Å². The third-order valence-electron chi connectivity index (χ3n) is 3.91. The average Bonchev–Trinajstić information content (AvgIpc) is 2.92. The molecule has 20 heavy (non-hydrogen) atoms. The molecular formula is C18H20O2. The molecule has 1 aliphatic rings. The van der Waals surface area contributed by atoms with E-state index < -0.39 is 0 Å². The molecule has 1 aliphatic heterocycles. The smallest absolute Gasteiger partial charge is 0.129 e. The zero-order chi connectivity index (χ0) is 13.8. The molecule has 2 heteroatoms. The molecule has 2 aromatic carbocycles.